The molecule has 1 fully saturated rings. The summed E-state index contributed by atoms with van der Waals surface area (Å²) in [5.74, 6) is 0.190. The Hall–Kier alpha value is -2.32. The molecule has 0 bridgehead atoms. The fourth-order valence-electron chi connectivity index (χ4n) is 3.20. The summed E-state index contributed by atoms with van der Waals surface area (Å²) in [7, 11) is 0.810. The molecule has 2 amide bonds. The molecular weight excluding hydrogens is 364 g/mol. The number of nitrogens with one attached hydrogen (secondary N) is 1. The van der Waals surface area contributed by atoms with Crippen molar-refractivity contribution in [2.75, 3.05) is 44.0 Å². The van der Waals surface area contributed by atoms with E-state index < -0.39 is 9.84 Å². The molecule has 1 aliphatic rings. The molecule has 146 valence electrons. The van der Waals surface area contributed by atoms with Crippen LogP contribution in [-0.2, 0) is 9.84 Å². The Morgan fingerprint density at radius 2 is 1.81 bits per heavy atom. The van der Waals surface area contributed by atoms with Gasteiger partial charge in [-0.3, -0.25) is 0 Å². The van der Waals surface area contributed by atoms with Gasteiger partial charge in [-0.05, 0) is 56.9 Å². The van der Waals surface area contributed by atoms with Crippen molar-refractivity contribution in [3.63, 3.8) is 0 Å². The highest BCUT2D eigenvalue weighted by atomic mass is 32.2. The highest BCUT2D eigenvalue weighted by molar-refractivity contribution is 7.91. The minimum atomic E-state index is -3.05. The van der Waals surface area contributed by atoms with Gasteiger partial charge in [-0.15, -0.1) is 0 Å². The van der Waals surface area contributed by atoms with Gasteiger partial charge < -0.3 is 19.7 Å². The number of urea groups is 1. The van der Waals surface area contributed by atoms with Gasteiger partial charge in [-0.1, -0.05) is 0 Å². The summed E-state index contributed by atoms with van der Waals surface area (Å²) in [6, 6.07) is 10.9. The minimum Gasteiger partial charge on any atom is -0.324 e. The summed E-state index contributed by atoms with van der Waals surface area (Å²) in [6.45, 7) is 1.16. The maximum absolute atomic E-state index is 12.8. The van der Waals surface area contributed by atoms with Crippen LogP contribution >= 0.6 is 0 Å². The van der Waals surface area contributed by atoms with Gasteiger partial charge in [0.2, 0.25) is 0 Å². The van der Waals surface area contributed by atoms with Gasteiger partial charge >= 0.3 is 6.03 Å². The number of aromatic nitrogens is 1. The van der Waals surface area contributed by atoms with Gasteiger partial charge in [0, 0.05) is 42.9 Å². The van der Waals surface area contributed by atoms with Crippen molar-refractivity contribution in [3.8, 4) is 5.69 Å². The fourth-order valence-corrected chi connectivity index (χ4v) is 4.93. The van der Waals surface area contributed by atoms with E-state index in [1.165, 1.54) is 0 Å². The Morgan fingerprint density at radius 3 is 2.37 bits per heavy atom. The van der Waals surface area contributed by atoms with Gasteiger partial charge in [0.1, 0.15) is 0 Å². The predicted octanol–water partition coefficient (Wildman–Crippen LogP) is 2.06. The maximum atomic E-state index is 12.8. The number of amides is 2. The smallest absolute Gasteiger partial charge is 0.322 e. The van der Waals surface area contributed by atoms with E-state index in [-0.39, 0.29) is 23.6 Å². The molecule has 2 heterocycles. The zero-order chi connectivity index (χ0) is 19.4. The largest absolute Gasteiger partial charge is 0.324 e. The molecule has 1 aromatic carbocycles. The molecule has 7 nitrogen and oxygen atoms in total. The van der Waals surface area contributed by atoms with E-state index in [2.05, 4.69) is 5.32 Å². The second-order valence-corrected chi connectivity index (χ2v) is 9.35. The van der Waals surface area contributed by atoms with Crippen LogP contribution in [-0.4, -0.2) is 73.5 Å². The zero-order valence-corrected chi connectivity index (χ0v) is 16.5. The highest BCUT2D eigenvalue weighted by Crippen LogP contribution is 2.20. The first-order chi connectivity index (χ1) is 12.8. The first-order valence-corrected chi connectivity index (χ1v) is 10.8. The first-order valence-electron chi connectivity index (χ1n) is 9.00. The standard InChI is InChI=1S/C19H26N4O3S/c1-21(2)12-13-23(18-9-14-27(25,26)15-18)19(24)20-16-5-7-17(8-6-16)22-10-3-4-11-22/h3-8,10-11,18H,9,12-15H2,1-2H3,(H,20,24). The number of carbonyl (C=O) groups is 1. The van der Waals surface area contributed by atoms with Crippen LogP contribution in [0.25, 0.3) is 5.69 Å². The van der Waals surface area contributed by atoms with E-state index in [1.807, 2.05) is 72.4 Å². The number of nitrogens with zero attached hydrogens (tertiary/aromatic N) is 3. The predicted molar refractivity (Wildman–Crippen MR) is 107 cm³/mol. The van der Waals surface area contributed by atoms with Crippen LogP contribution in [0.5, 0.6) is 0 Å². The van der Waals surface area contributed by atoms with Crippen LogP contribution < -0.4 is 5.32 Å². The fraction of sp³-hybridized carbons (Fsp3) is 0.421. The third-order valence-electron chi connectivity index (χ3n) is 4.72. The molecule has 2 aromatic rings. The van der Waals surface area contributed by atoms with Gasteiger partial charge in [0.15, 0.2) is 9.84 Å². The van der Waals surface area contributed by atoms with Crippen molar-refractivity contribution >= 4 is 21.6 Å². The Morgan fingerprint density at radius 1 is 1.15 bits per heavy atom. The SMILES string of the molecule is CN(C)CCN(C(=O)Nc1ccc(-n2cccc2)cc1)C1CCS(=O)(=O)C1. The molecule has 0 spiro atoms. The summed E-state index contributed by atoms with van der Waals surface area (Å²) in [4.78, 5) is 16.5. The lowest BCUT2D eigenvalue weighted by Crippen LogP contribution is -2.46. The van der Waals surface area contributed by atoms with E-state index >= 15 is 0 Å². The average molecular weight is 391 g/mol. The summed E-state index contributed by atoms with van der Waals surface area (Å²) < 4.78 is 25.7. The topological polar surface area (TPSA) is 74.7 Å². The molecule has 27 heavy (non-hydrogen) atoms. The van der Waals surface area contributed by atoms with Crippen molar-refractivity contribution in [1.29, 1.82) is 0 Å². The Kier molecular flexibility index (Phi) is 5.86. The van der Waals surface area contributed by atoms with Crippen LogP contribution in [0.1, 0.15) is 6.42 Å². The van der Waals surface area contributed by atoms with Crippen LogP contribution in [0.2, 0.25) is 0 Å². The molecule has 0 aliphatic carbocycles. The van der Waals surface area contributed by atoms with E-state index in [4.69, 9.17) is 0 Å². The third kappa shape index (κ3) is 5.11. The molecule has 1 aliphatic heterocycles. The van der Waals surface area contributed by atoms with Crippen LogP contribution in [0, 0.1) is 0 Å². The monoisotopic (exact) mass is 390 g/mol. The van der Waals surface area contributed by atoms with E-state index in [0.29, 0.717) is 25.2 Å². The van der Waals surface area contributed by atoms with Crippen molar-refractivity contribution in [2.24, 2.45) is 0 Å². The average Bonchev–Trinajstić information content (AvgIpc) is 3.25. The molecule has 1 aromatic heterocycles. The second-order valence-electron chi connectivity index (χ2n) is 7.12. The molecule has 1 N–H and O–H groups in total. The van der Waals surface area contributed by atoms with Crippen molar-refractivity contribution in [3.05, 3.63) is 48.8 Å². The second kappa shape index (κ2) is 8.14. The van der Waals surface area contributed by atoms with Crippen LogP contribution in [0.15, 0.2) is 48.8 Å². The summed E-state index contributed by atoms with van der Waals surface area (Å²) in [5.41, 5.74) is 1.69. The van der Waals surface area contributed by atoms with Gasteiger partial charge in [0.25, 0.3) is 0 Å². The summed E-state index contributed by atoms with van der Waals surface area (Å²) in [5, 5.41) is 2.91. The van der Waals surface area contributed by atoms with Gasteiger partial charge in [-0.2, -0.15) is 0 Å². The Labute approximate surface area is 160 Å². The lowest BCUT2D eigenvalue weighted by atomic mass is 10.2. The van der Waals surface area contributed by atoms with E-state index in [9.17, 15) is 13.2 Å². The number of carbonyl (C=O) groups excluding carboxylic acids is 1. The summed E-state index contributed by atoms with van der Waals surface area (Å²) in [6.07, 6.45) is 4.41. The number of rotatable bonds is 6. The number of hydrogen-bond acceptors (Lipinski definition) is 4. The normalized spacial score (nSPS) is 18.6. The molecule has 1 atom stereocenters. The van der Waals surface area contributed by atoms with Gasteiger partial charge in [-0.25, -0.2) is 13.2 Å². The Bertz CT molecular complexity index is 861. The van der Waals surface area contributed by atoms with Crippen molar-refractivity contribution in [1.82, 2.24) is 14.4 Å². The molecular formula is C19H26N4O3S. The molecule has 1 saturated heterocycles. The van der Waals surface area contributed by atoms with E-state index in [0.717, 1.165) is 5.69 Å². The maximum Gasteiger partial charge on any atom is 0.322 e. The highest BCUT2D eigenvalue weighted by Gasteiger charge is 2.34. The quantitative estimate of drug-likeness (QED) is 0.819. The number of hydrogen-bond donors (Lipinski definition) is 1. The van der Waals surface area contributed by atoms with Crippen LogP contribution in [0.3, 0.4) is 0 Å². The molecule has 0 radical (unpaired) electrons. The van der Waals surface area contributed by atoms with Gasteiger partial charge in [0.05, 0.1) is 11.5 Å². The number of sulfone groups is 1. The first kappa shape index (κ1) is 19.4. The lowest BCUT2D eigenvalue weighted by Gasteiger charge is -2.29. The zero-order valence-electron chi connectivity index (χ0n) is 15.7. The number of benzene rings is 1. The minimum absolute atomic E-state index is 0.0421. The molecule has 3 rings (SSSR count). The third-order valence-corrected chi connectivity index (χ3v) is 6.47. The molecule has 0 saturated carbocycles. The molecule has 1 unspecified atom stereocenters. The summed E-state index contributed by atoms with van der Waals surface area (Å²) >= 11 is 0. The Balaban J connectivity index is 1.69. The molecule has 8 heteroatoms. The van der Waals surface area contributed by atoms with Crippen molar-refractivity contribution < 1.29 is 13.2 Å². The van der Waals surface area contributed by atoms with E-state index in [1.54, 1.807) is 4.90 Å². The number of anilines is 1. The number of likely N-dealkylation sites (N-methyl/N-ethyl adjacent to an activating group) is 1. The van der Waals surface area contributed by atoms with Crippen molar-refractivity contribution in [2.45, 2.75) is 12.5 Å². The van der Waals surface area contributed by atoms with Crippen LogP contribution in [0.4, 0.5) is 10.5 Å². The lowest BCUT2D eigenvalue weighted by molar-refractivity contribution is 0.186.